The van der Waals surface area contributed by atoms with E-state index in [-0.39, 0.29) is 5.91 Å². The van der Waals surface area contributed by atoms with Crippen LogP contribution in [0.2, 0.25) is 0 Å². The lowest BCUT2D eigenvalue weighted by Gasteiger charge is -2.27. The van der Waals surface area contributed by atoms with Crippen molar-refractivity contribution in [3.63, 3.8) is 0 Å². The Kier molecular flexibility index (Phi) is 4.47. The number of hydrogen-bond donors (Lipinski definition) is 1. The van der Waals surface area contributed by atoms with Gasteiger partial charge in [-0.05, 0) is 13.3 Å². The average molecular weight is 253 g/mol. The predicted molar refractivity (Wildman–Crippen MR) is 66.0 cm³/mol. The van der Waals surface area contributed by atoms with Crippen LogP contribution in [0.25, 0.3) is 0 Å². The van der Waals surface area contributed by atoms with Crippen molar-refractivity contribution in [3.05, 3.63) is 17.5 Å². The van der Waals surface area contributed by atoms with E-state index in [9.17, 15) is 14.7 Å². The van der Waals surface area contributed by atoms with Crippen LogP contribution in [0.4, 0.5) is 0 Å². The molecule has 0 radical (unpaired) electrons. The molecule has 0 saturated carbocycles. The van der Waals surface area contributed by atoms with Gasteiger partial charge in [0.15, 0.2) is 6.04 Å². The van der Waals surface area contributed by atoms with Crippen LogP contribution in [0.3, 0.4) is 0 Å². The second kappa shape index (κ2) is 5.66. The fourth-order valence-electron chi connectivity index (χ4n) is 1.93. The number of rotatable bonds is 5. The first kappa shape index (κ1) is 14.2. The van der Waals surface area contributed by atoms with Crippen LogP contribution in [0, 0.1) is 6.92 Å². The lowest BCUT2D eigenvalue weighted by atomic mass is 10.1. The number of amides is 1. The highest BCUT2D eigenvalue weighted by Gasteiger charge is 2.31. The third-order valence-electron chi connectivity index (χ3n) is 2.98. The number of carboxylic acids is 1. The third-order valence-corrected chi connectivity index (χ3v) is 2.98. The Balaban J connectivity index is 3.20. The monoisotopic (exact) mass is 253 g/mol. The summed E-state index contributed by atoms with van der Waals surface area (Å²) < 4.78 is 1.61. The molecule has 1 aromatic rings. The molecule has 6 nitrogen and oxygen atoms in total. The molecule has 0 aliphatic carbocycles. The summed E-state index contributed by atoms with van der Waals surface area (Å²) >= 11 is 0. The molecule has 0 bridgehead atoms. The molecule has 1 rings (SSSR count). The zero-order valence-electron chi connectivity index (χ0n) is 11.2. The Morgan fingerprint density at radius 2 is 2.17 bits per heavy atom. The number of aryl methyl sites for hydroxylation is 1. The number of carboxylic acid groups (broad SMARTS) is 1. The second-order valence-corrected chi connectivity index (χ2v) is 4.26. The molecular formula is C12H19N3O3. The molecule has 0 aliphatic heterocycles. The Hall–Kier alpha value is -1.85. The Bertz CT molecular complexity index is 453. The highest BCUT2D eigenvalue weighted by Crippen LogP contribution is 2.24. The van der Waals surface area contributed by atoms with E-state index >= 15 is 0 Å². The minimum Gasteiger partial charge on any atom is -0.479 e. The molecule has 18 heavy (non-hydrogen) atoms. The van der Waals surface area contributed by atoms with Gasteiger partial charge in [0.1, 0.15) is 0 Å². The van der Waals surface area contributed by atoms with E-state index in [1.165, 1.54) is 18.0 Å². The van der Waals surface area contributed by atoms with Crippen LogP contribution in [-0.2, 0) is 16.6 Å². The smallest absolute Gasteiger partial charge is 0.331 e. The second-order valence-electron chi connectivity index (χ2n) is 4.26. The van der Waals surface area contributed by atoms with E-state index in [1.54, 1.807) is 18.7 Å². The van der Waals surface area contributed by atoms with Crippen molar-refractivity contribution >= 4 is 11.9 Å². The SMILES string of the molecule is CCCN(C(C)=O)C(C(=O)O)c1cnn(C)c1C. The van der Waals surface area contributed by atoms with E-state index in [2.05, 4.69) is 5.10 Å². The van der Waals surface area contributed by atoms with Crippen LogP contribution in [-0.4, -0.2) is 38.2 Å². The largest absolute Gasteiger partial charge is 0.479 e. The van der Waals surface area contributed by atoms with Crippen molar-refractivity contribution < 1.29 is 14.7 Å². The summed E-state index contributed by atoms with van der Waals surface area (Å²) in [5.41, 5.74) is 1.32. The summed E-state index contributed by atoms with van der Waals surface area (Å²) in [5, 5.41) is 13.4. The first-order chi connectivity index (χ1) is 8.40. The normalized spacial score (nSPS) is 12.2. The summed E-state index contributed by atoms with van der Waals surface area (Å²) in [6.45, 7) is 5.51. The van der Waals surface area contributed by atoms with Crippen LogP contribution >= 0.6 is 0 Å². The van der Waals surface area contributed by atoms with Gasteiger partial charge in [-0.25, -0.2) is 4.79 Å². The first-order valence-corrected chi connectivity index (χ1v) is 5.88. The maximum absolute atomic E-state index is 11.6. The van der Waals surface area contributed by atoms with Crippen molar-refractivity contribution in [2.45, 2.75) is 33.2 Å². The zero-order chi connectivity index (χ0) is 13.9. The van der Waals surface area contributed by atoms with Crippen LogP contribution in [0.1, 0.15) is 37.6 Å². The van der Waals surface area contributed by atoms with E-state index in [1.807, 2.05) is 6.92 Å². The minimum absolute atomic E-state index is 0.243. The molecule has 6 heteroatoms. The lowest BCUT2D eigenvalue weighted by Crippen LogP contribution is -2.38. The lowest BCUT2D eigenvalue weighted by molar-refractivity contribution is -0.149. The van der Waals surface area contributed by atoms with E-state index in [0.717, 1.165) is 5.69 Å². The van der Waals surface area contributed by atoms with Gasteiger partial charge in [-0.2, -0.15) is 5.10 Å². The predicted octanol–water partition coefficient (Wildman–Crippen LogP) is 1.11. The van der Waals surface area contributed by atoms with Gasteiger partial charge in [0, 0.05) is 31.8 Å². The number of aliphatic carboxylic acids is 1. The minimum atomic E-state index is -1.03. The number of nitrogens with zero attached hydrogens (tertiary/aromatic N) is 3. The van der Waals surface area contributed by atoms with E-state index in [4.69, 9.17) is 0 Å². The van der Waals surface area contributed by atoms with Crippen LogP contribution < -0.4 is 0 Å². The molecule has 1 N–H and O–H groups in total. The number of hydrogen-bond acceptors (Lipinski definition) is 3. The fourth-order valence-corrected chi connectivity index (χ4v) is 1.93. The van der Waals surface area contributed by atoms with Crippen molar-refractivity contribution in [1.29, 1.82) is 0 Å². The highest BCUT2D eigenvalue weighted by atomic mass is 16.4. The van der Waals surface area contributed by atoms with E-state index in [0.29, 0.717) is 18.5 Å². The summed E-state index contributed by atoms with van der Waals surface area (Å²) in [6, 6.07) is -0.962. The van der Waals surface area contributed by atoms with Gasteiger partial charge < -0.3 is 10.0 Å². The van der Waals surface area contributed by atoms with Gasteiger partial charge >= 0.3 is 5.97 Å². The summed E-state index contributed by atoms with van der Waals surface area (Å²) in [6.07, 6.45) is 2.22. The van der Waals surface area contributed by atoms with Gasteiger partial charge in [0.05, 0.1) is 6.20 Å². The van der Waals surface area contributed by atoms with Gasteiger partial charge in [0.25, 0.3) is 0 Å². The van der Waals surface area contributed by atoms with Gasteiger partial charge in [-0.3, -0.25) is 9.48 Å². The molecule has 0 aliphatic rings. The molecule has 100 valence electrons. The topological polar surface area (TPSA) is 75.4 Å². The number of carbonyl (C=O) groups is 2. The average Bonchev–Trinajstić information content (AvgIpc) is 2.60. The van der Waals surface area contributed by atoms with Crippen molar-refractivity contribution in [2.24, 2.45) is 7.05 Å². The van der Waals surface area contributed by atoms with E-state index < -0.39 is 12.0 Å². The molecule has 1 atom stereocenters. The molecule has 0 aromatic carbocycles. The van der Waals surface area contributed by atoms with Crippen molar-refractivity contribution in [3.8, 4) is 0 Å². The molecular weight excluding hydrogens is 234 g/mol. The molecule has 1 heterocycles. The quantitative estimate of drug-likeness (QED) is 0.853. The number of carbonyl (C=O) groups excluding carboxylic acids is 1. The molecule has 1 unspecified atom stereocenters. The van der Waals surface area contributed by atoms with Gasteiger partial charge in [-0.1, -0.05) is 6.92 Å². The standard InChI is InChI=1S/C12H19N3O3/c1-5-6-15(9(3)16)11(12(17)18)10-7-13-14(4)8(10)2/h7,11H,5-6H2,1-4H3,(H,17,18). The maximum atomic E-state index is 11.6. The zero-order valence-corrected chi connectivity index (χ0v) is 11.2. The maximum Gasteiger partial charge on any atom is 0.331 e. The van der Waals surface area contributed by atoms with Crippen LogP contribution in [0.5, 0.6) is 0 Å². The molecule has 0 saturated heterocycles. The molecule has 0 fully saturated rings. The summed E-state index contributed by atoms with van der Waals surface area (Å²) in [7, 11) is 1.75. The van der Waals surface area contributed by atoms with Crippen molar-refractivity contribution in [2.75, 3.05) is 6.54 Å². The van der Waals surface area contributed by atoms with Crippen molar-refractivity contribution in [1.82, 2.24) is 14.7 Å². The van der Waals surface area contributed by atoms with Gasteiger partial charge in [-0.15, -0.1) is 0 Å². The molecule has 0 spiro atoms. The Labute approximate surface area is 106 Å². The summed E-state index contributed by atoms with van der Waals surface area (Å²) in [4.78, 5) is 24.4. The van der Waals surface area contributed by atoms with Gasteiger partial charge in [0.2, 0.25) is 5.91 Å². The first-order valence-electron chi connectivity index (χ1n) is 5.88. The fraction of sp³-hybridized carbons (Fsp3) is 0.583. The number of aromatic nitrogens is 2. The van der Waals surface area contributed by atoms with Crippen LogP contribution in [0.15, 0.2) is 6.20 Å². The highest BCUT2D eigenvalue weighted by molar-refractivity contribution is 5.83. The third kappa shape index (κ3) is 2.69. The molecule has 1 aromatic heterocycles. The Morgan fingerprint density at radius 3 is 2.50 bits per heavy atom. The summed E-state index contributed by atoms with van der Waals surface area (Å²) in [5.74, 6) is -1.28. The molecule has 1 amide bonds. The Morgan fingerprint density at radius 1 is 1.56 bits per heavy atom.